The van der Waals surface area contributed by atoms with E-state index in [4.69, 9.17) is 0 Å². The number of aryl methyl sites for hydroxylation is 1. The number of hydrogen-bond donors (Lipinski definition) is 3. The monoisotopic (exact) mass is 488 g/mol. The number of rotatable bonds is 3. The molecule has 2 amide bonds. The van der Waals surface area contributed by atoms with Crippen LogP contribution < -0.4 is 15.5 Å². The lowest BCUT2D eigenvalue weighted by Crippen LogP contribution is -2.44. The van der Waals surface area contributed by atoms with E-state index in [1.54, 1.807) is 24.3 Å². The summed E-state index contributed by atoms with van der Waals surface area (Å²) in [7, 11) is 0. The van der Waals surface area contributed by atoms with Crippen LogP contribution in [0.5, 0.6) is 0 Å². The Balaban J connectivity index is 1.42. The standard InChI is InChI=1S/C28H26F2N4O2/c29-19-7-4-8-20(30)26(19)17-6-3-10-22-25(17)18(27(35)33-22)14-16-15-24-21(32-16)9-1-2-13-34(24)28(36)23-11-5-12-31-23/h3-4,6-8,10,14-15,23,31-32H,1-2,5,9,11-13H2,(H,33,35)/b18-14-. The molecule has 1 atom stereocenters. The number of nitrogens with one attached hydrogen (secondary N) is 3. The largest absolute Gasteiger partial charge is 0.357 e. The molecule has 36 heavy (non-hydrogen) atoms. The Hall–Kier alpha value is -3.78. The molecule has 0 spiro atoms. The minimum atomic E-state index is -0.691. The summed E-state index contributed by atoms with van der Waals surface area (Å²) in [6.45, 7) is 1.50. The van der Waals surface area contributed by atoms with Crippen molar-refractivity contribution in [2.45, 2.75) is 38.1 Å². The molecule has 1 fully saturated rings. The van der Waals surface area contributed by atoms with Crippen LogP contribution in [0.15, 0.2) is 42.5 Å². The van der Waals surface area contributed by atoms with Crippen molar-refractivity contribution in [1.29, 1.82) is 0 Å². The summed E-state index contributed by atoms with van der Waals surface area (Å²) in [6, 6.07) is 10.5. The average Bonchev–Trinajstić information content (AvgIpc) is 3.57. The van der Waals surface area contributed by atoms with Crippen molar-refractivity contribution in [2.24, 2.45) is 0 Å². The highest BCUT2D eigenvalue weighted by molar-refractivity contribution is 6.36. The van der Waals surface area contributed by atoms with Gasteiger partial charge >= 0.3 is 0 Å². The number of halogens is 2. The molecule has 8 heteroatoms. The first-order valence-corrected chi connectivity index (χ1v) is 12.4. The van der Waals surface area contributed by atoms with Crippen LogP contribution >= 0.6 is 0 Å². The van der Waals surface area contributed by atoms with E-state index in [0.717, 1.165) is 50.0 Å². The van der Waals surface area contributed by atoms with Gasteiger partial charge in [-0.1, -0.05) is 18.2 Å². The van der Waals surface area contributed by atoms with Gasteiger partial charge in [0, 0.05) is 29.2 Å². The van der Waals surface area contributed by atoms with Gasteiger partial charge < -0.3 is 20.5 Å². The van der Waals surface area contributed by atoms with Gasteiger partial charge in [-0.2, -0.15) is 0 Å². The molecule has 184 valence electrons. The number of anilines is 2. The molecule has 0 saturated carbocycles. The molecule has 4 heterocycles. The molecule has 2 aromatic carbocycles. The molecule has 0 aliphatic carbocycles. The number of carbonyl (C=O) groups is 2. The molecule has 3 aliphatic heterocycles. The first kappa shape index (κ1) is 22.7. The van der Waals surface area contributed by atoms with E-state index >= 15 is 0 Å². The maximum absolute atomic E-state index is 14.7. The van der Waals surface area contributed by atoms with E-state index in [1.807, 2.05) is 11.0 Å². The third-order valence-corrected chi connectivity index (χ3v) is 7.23. The second kappa shape index (κ2) is 9.02. The first-order chi connectivity index (χ1) is 17.5. The maximum atomic E-state index is 14.7. The zero-order valence-electron chi connectivity index (χ0n) is 19.7. The molecule has 3 aromatic rings. The van der Waals surface area contributed by atoms with Crippen molar-refractivity contribution in [2.75, 3.05) is 23.3 Å². The summed E-state index contributed by atoms with van der Waals surface area (Å²) in [5.74, 6) is -1.65. The number of hydrogen-bond acceptors (Lipinski definition) is 3. The number of amides is 2. The molecule has 6 nitrogen and oxygen atoms in total. The van der Waals surface area contributed by atoms with Crippen molar-refractivity contribution in [3.63, 3.8) is 0 Å². The second-order valence-corrected chi connectivity index (χ2v) is 9.52. The zero-order chi connectivity index (χ0) is 24.8. The van der Waals surface area contributed by atoms with Crippen LogP contribution in [0.1, 0.15) is 42.6 Å². The normalized spacial score (nSPS) is 20.3. The predicted molar refractivity (Wildman–Crippen MR) is 135 cm³/mol. The number of carbonyl (C=O) groups excluding carboxylic acids is 2. The lowest BCUT2D eigenvalue weighted by atomic mass is 9.93. The SMILES string of the molecule is O=C1Nc2cccc(-c3c(F)cccc3F)c2/C1=C/c1cc2c([nH]1)CCCCN2C(=O)C1CCCN1. The Labute approximate surface area is 207 Å². The number of nitrogens with zero attached hydrogens (tertiary/aromatic N) is 1. The molecule has 1 unspecified atom stereocenters. The van der Waals surface area contributed by atoms with Gasteiger partial charge in [0.2, 0.25) is 5.91 Å². The van der Waals surface area contributed by atoms with Gasteiger partial charge in [-0.15, -0.1) is 0 Å². The number of fused-ring (bicyclic) bond motifs is 2. The molecule has 0 bridgehead atoms. The van der Waals surface area contributed by atoms with Crippen LogP contribution in [-0.2, 0) is 16.0 Å². The highest BCUT2D eigenvalue weighted by atomic mass is 19.1. The summed E-state index contributed by atoms with van der Waals surface area (Å²) in [4.78, 5) is 31.5. The van der Waals surface area contributed by atoms with Crippen LogP contribution in [0.4, 0.5) is 20.2 Å². The summed E-state index contributed by atoms with van der Waals surface area (Å²) < 4.78 is 29.4. The second-order valence-electron chi connectivity index (χ2n) is 9.52. The van der Waals surface area contributed by atoms with Gasteiger partial charge in [-0.05, 0) is 74.6 Å². The van der Waals surface area contributed by atoms with E-state index < -0.39 is 11.6 Å². The molecule has 0 radical (unpaired) electrons. The molecular weight excluding hydrogens is 462 g/mol. The zero-order valence-corrected chi connectivity index (χ0v) is 19.7. The molecular formula is C28H26F2N4O2. The van der Waals surface area contributed by atoms with E-state index in [-0.39, 0.29) is 23.4 Å². The van der Waals surface area contributed by atoms with E-state index in [2.05, 4.69) is 15.6 Å². The van der Waals surface area contributed by atoms with Crippen molar-refractivity contribution >= 4 is 34.8 Å². The van der Waals surface area contributed by atoms with Crippen molar-refractivity contribution < 1.29 is 18.4 Å². The summed E-state index contributed by atoms with van der Waals surface area (Å²) in [5, 5.41) is 6.10. The van der Waals surface area contributed by atoms with Gasteiger partial charge in [-0.25, -0.2) is 8.78 Å². The van der Waals surface area contributed by atoms with Crippen molar-refractivity contribution in [1.82, 2.24) is 10.3 Å². The van der Waals surface area contributed by atoms with Gasteiger partial charge in [0.25, 0.3) is 5.91 Å². The third kappa shape index (κ3) is 3.82. The van der Waals surface area contributed by atoms with Crippen LogP contribution in [0.2, 0.25) is 0 Å². The average molecular weight is 489 g/mol. The maximum Gasteiger partial charge on any atom is 0.256 e. The van der Waals surface area contributed by atoms with Gasteiger partial charge in [0.1, 0.15) is 11.6 Å². The highest BCUT2D eigenvalue weighted by Gasteiger charge is 2.32. The van der Waals surface area contributed by atoms with E-state index in [0.29, 0.717) is 34.6 Å². The summed E-state index contributed by atoms with van der Waals surface area (Å²) in [6.07, 6.45) is 6.19. The lowest BCUT2D eigenvalue weighted by Gasteiger charge is -2.24. The van der Waals surface area contributed by atoms with Crippen LogP contribution in [0, 0.1) is 11.6 Å². The van der Waals surface area contributed by atoms with E-state index in [9.17, 15) is 18.4 Å². The smallest absolute Gasteiger partial charge is 0.256 e. The highest BCUT2D eigenvalue weighted by Crippen LogP contribution is 2.42. The molecule has 1 aromatic heterocycles. The van der Waals surface area contributed by atoms with Gasteiger partial charge in [0.05, 0.1) is 22.9 Å². The fraction of sp³-hybridized carbons (Fsp3) is 0.286. The van der Waals surface area contributed by atoms with Crippen LogP contribution in [-0.4, -0.2) is 35.9 Å². The minimum Gasteiger partial charge on any atom is -0.357 e. The van der Waals surface area contributed by atoms with Crippen molar-refractivity contribution in [3.05, 3.63) is 71.1 Å². The number of benzene rings is 2. The topological polar surface area (TPSA) is 77.2 Å². The van der Waals surface area contributed by atoms with Crippen LogP contribution in [0.25, 0.3) is 22.8 Å². The molecule has 3 N–H and O–H groups in total. The van der Waals surface area contributed by atoms with E-state index in [1.165, 1.54) is 18.2 Å². The Kier molecular flexibility index (Phi) is 5.68. The Morgan fingerprint density at radius 2 is 1.83 bits per heavy atom. The quantitative estimate of drug-likeness (QED) is 0.460. The minimum absolute atomic E-state index is 0.0788. The Morgan fingerprint density at radius 3 is 2.61 bits per heavy atom. The number of H-pyrrole nitrogens is 1. The fourth-order valence-corrected chi connectivity index (χ4v) is 5.53. The fourth-order valence-electron chi connectivity index (χ4n) is 5.53. The summed E-state index contributed by atoms with van der Waals surface area (Å²) >= 11 is 0. The summed E-state index contributed by atoms with van der Waals surface area (Å²) in [5.41, 5.74) is 3.88. The van der Waals surface area contributed by atoms with Gasteiger partial charge in [-0.3, -0.25) is 9.59 Å². The number of aromatic nitrogens is 1. The van der Waals surface area contributed by atoms with Crippen LogP contribution in [0.3, 0.4) is 0 Å². The third-order valence-electron chi connectivity index (χ3n) is 7.23. The van der Waals surface area contributed by atoms with Crippen molar-refractivity contribution in [3.8, 4) is 11.1 Å². The van der Waals surface area contributed by atoms with Gasteiger partial charge in [0.15, 0.2) is 0 Å². The first-order valence-electron chi connectivity index (χ1n) is 12.4. The Bertz CT molecular complexity index is 1380. The molecule has 6 rings (SSSR count). The number of aromatic amines is 1. The Morgan fingerprint density at radius 1 is 1.03 bits per heavy atom. The predicted octanol–water partition coefficient (Wildman–Crippen LogP) is 4.87. The molecule has 3 aliphatic rings. The molecule has 1 saturated heterocycles. The lowest BCUT2D eigenvalue weighted by molar-refractivity contribution is -0.120.